The summed E-state index contributed by atoms with van der Waals surface area (Å²) in [6.45, 7) is 8.98. The van der Waals surface area contributed by atoms with Crippen LogP contribution in [0.15, 0.2) is 30.3 Å². The van der Waals surface area contributed by atoms with E-state index >= 15 is 0 Å². The lowest BCUT2D eigenvalue weighted by Gasteiger charge is -2.33. The molecule has 0 fully saturated rings. The molecule has 0 aromatic heterocycles. The zero-order valence-electron chi connectivity index (χ0n) is 18.3. The fraction of sp³-hybridized carbons (Fsp3) is 0.760. The molecular weight excluding hydrogens is 330 g/mol. The van der Waals surface area contributed by atoms with Crippen molar-refractivity contribution in [3.05, 3.63) is 35.9 Å². The van der Waals surface area contributed by atoms with E-state index in [0.717, 1.165) is 18.7 Å². The molecule has 0 aliphatic rings. The van der Waals surface area contributed by atoms with Crippen molar-refractivity contribution in [1.29, 1.82) is 0 Å². The van der Waals surface area contributed by atoms with Gasteiger partial charge in [-0.2, -0.15) is 0 Å². The van der Waals surface area contributed by atoms with Gasteiger partial charge >= 0.3 is 0 Å². The Labute approximate surface area is 169 Å². The van der Waals surface area contributed by atoms with Gasteiger partial charge in [0.15, 0.2) is 0 Å². The molecule has 0 saturated carbocycles. The van der Waals surface area contributed by atoms with Crippen molar-refractivity contribution < 1.29 is 5.11 Å². The first kappa shape index (κ1) is 24.2. The lowest BCUT2D eigenvalue weighted by Crippen LogP contribution is -2.39. The van der Waals surface area contributed by atoms with E-state index in [2.05, 4.69) is 37.8 Å². The maximum Gasteiger partial charge on any atom is 0.0942 e. The van der Waals surface area contributed by atoms with Crippen molar-refractivity contribution in [2.75, 3.05) is 13.1 Å². The largest absolute Gasteiger partial charge is 0.387 e. The van der Waals surface area contributed by atoms with E-state index in [-0.39, 0.29) is 6.04 Å². The highest BCUT2D eigenvalue weighted by Crippen LogP contribution is 2.22. The molecule has 1 rings (SSSR count). The summed E-state index contributed by atoms with van der Waals surface area (Å²) in [6.07, 6.45) is 15.6. The maximum atomic E-state index is 10.9. The van der Waals surface area contributed by atoms with Gasteiger partial charge in [0.05, 0.1) is 6.10 Å². The van der Waals surface area contributed by atoms with E-state index < -0.39 is 6.10 Å². The molecule has 0 bridgehead atoms. The van der Waals surface area contributed by atoms with Crippen molar-refractivity contribution in [1.82, 2.24) is 4.90 Å². The number of aliphatic hydroxyl groups is 1. The summed E-state index contributed by atoms with van der Waals surface area (Å²) in [7, 11) is 0. The molecule has 0 unspecified atom stereocenters. The number of unbranched alkanes of at least 4 members (excludes halogenated alkanes) is 10. The van der Waals surface area contributed by atoms with Crippen molar-refractivity contribution in [3.63, 3.8) is 0 Å². The quantitative estimate of drug-likeness (QED) is 0.293. The molecule has 0 spiro atoms. The maximum absolute atomic E-state index is 10.9. The molecular formula is C25H45NO. The van der Waals surface area contributed by atoms with Crippen LogP contribution in [0.4, 0.5) is 0 Å². The van der Waals surface area contributed by atoms with Crippen LogP contribution in [0.2, 0.25) is 0 Å². The van der Waals surface area contributed by atoms with E-state index in [9.17, 15) is 5.11 Å². The molecule has 2 nitrogen and oxygen atoms in total. The molecule has 0 radical (unpaired) electrons. The smallest absolute Gasteiger partial charge is 0.0942 e. The molecule has 0 aliphatic carbocycles. The minimum absolute atomic E-state index is 0.179. The van der Waals surface area contributed by atoms with Gasteiger partial charge in [0, 0.05) is 6.04 Å². The van der Waals surface area contributed by atoms with Gasteiger partial charge in [0.25, 0.3) is 0 Å². The number of aliphatic hydroxyl groups excluding tert-OH is 1. The van der Waals surface area contributed by atoms with Gasteiger partial charge in [0.1, 0.15) is 0 Å². The second-order valence-electron chi connectivity index (χ2n) is 8.17. The topological polar surface area (TPSA) is 23.5 Å². The van der Waals surface area contributed by atoms with Gasteiger partial charge in [0.2, 0.25) is 0 Å². The summed E-state index contributed by atoms with van der Waals surface area (Å²) in [6, 6.07) is 10.3. The molecule has 0 saturated heterocycles. The Hall–Kier alpha value is -0.860. The Morgan fingerprint density at radius 2 is 1.15 bits per heavy atom. The molecule has 2 heteroatoms. The van der Waals surface area contributed by atoms with Crippen molar-refractivity contribution >= 4 is 0 Å². The average molecular weight is 376 g/mol. The highest BCUT2D eigenvalue weighted by molar-refractivity contribution is 5.18. The van der Waals surface area contributed by atoms with Gasteiger partial charge in [-0.15, -0.1) is 0 Å². The van der Waals surface area contributed by atoms with Gasteiger partial charge in [-0.3, -0.25) is 4.90 Å². The third-order valence-corrected chi connectivity index (χ3v) is 5.77. The Balaban J connectivity index is 2.47. The summed E-state index contributed by atoms with van der Waals surface area (Å²) in [5.41, 5.74) is 1.04. The average Bonchev–Trinajstić information content (AvgIpc) is 2.71. The van der Waals surface area contributed by atoms with Crippen LogP contribution in [0.5, 0.6) is 0 Å². The standard InChI is InChI=1S/C25H45NO/c1-4-6-8-10-12-17-21-26(22-18-13-11-9-7-5-2)23(3)25(27)24-19-15-14-16-20-24/h14-16,19-20,23,25,27H,4-13,17-18,21-22H2,1-3H3/t23-,25-/m0/s1. The first-order valence-corrected chi connectivity index (χ1v) is 11.7. The first-order chi connectivity index (χ1) is 13.2. The lowest BCUT2D eigenvalue weighted by atomic mass is 10.0. The Morgan fingerprint density at radius 1 is 0.704 bits per heavy atom. The van der Waals surface area contributed by atoms with Crippen molar-refractivity contribution in [2.24, 2.45) is 0 Å². The van der Waals surface area contributed by atoms with Crippen LogP contribution in [0, 0.1) is 0 Å². The fourth-order valence-corrected chi connectivity index (χ4v) is 3.84. The summed E-state index contributed by atoms with van der Waals surface area (Å²) >= 11 is 0. The number of hydrogen-bond acceptors (Lipinski definition) is 2. The molecule has 1 N–H and O–H groups in total. The Morgan fingerprint density at radius 3 is 1.63 bits per heavy atom. The molecule has 1 aromatic rings. The van der Waals surface area contributed by atoms with Crippen LogP contribution < -0.4 is 0 Å². The predicted octanol–water partition coefficient (Wildman–Crippen LogP) is 7.13. The predicted molar refractivity (Wildman–Crippen MR) is 119 cm³/mol. The minimum atomic E-state index is -0.397. The van der Waals surface area contributed by atoms with Crippen molar-refractivity contribution in [3.8, 4) is 0 Å². The summed E-state index contributed by atoms with van der Waals surface area (Å²) in [5, 5.41) is 10.9. The Bertz CT molecular complexity index is 417. The minimum Gasteiger partial charge on any atom is -0.387 e. The van der Waals surface area contributed by atoms with E-state index in [0.29, 0.717) is 0 Å². The molecule has 1 aromatic carbocycles. The number of nitrogens with zero attached hydrogens (tertiary/aromatic N) is 1. The van der Waals surface area contributed by atoms with Crippen LogP contribution in [0.3, 0.4) is 0 Å². The molecule has 0 heterocycles. The molecule has 0 aliphatic heterocycles. The van der Waals surface area contributed by atoms with Crippen LogP contribution in [-0.4, -0.2) is 29.1 Å². The first-order valence-electron chi connectivity index (χ1n) is 11.7. The Kier molecular flexibility index (Phi) is 14.4. The summed E-state index contributed by atoms with van der Waals surface area (Å²) < 4.78 is 0. The fourth-order valence-electron chi connectivity index (χ4n) is 3.84. The lowest BCUT2D eigenvalue weighted by molar-refractivity contribution is 0.0554. The molecule has 2 atom stereocenters. The summed E-state index contributed by atoms with van der Waals surface area (Å²) in [5.74, 6) is 0. The van der Waals surface area contributed by atoms with Crippen LogP contribution in [-0.2, 0) is 0 Å². The third-order valence-electron chi connectivity index (χ3n) is 5.77. The van der Waals surface area contributed by atoms with E-state index in [1.54, 1.807) is 0 Å². The monoisotopic (exact) mass is 375 g/mol. The highest BCUT2D eigenvalue weighted by Gasteiger charge is 2.22. The zero-order valence-corrected chi connectivity index (χ0v) is 18.3. The van der Waals surface area contributed by atoms with Gasteiger partial charge in [-0.05, 0) is 38.4 Å². The van der Waals surface area contributed by atoms with E-state index in [1.807, 2.05) is 18.2 Å². The molecule has 0 amide bonds. The highest BCUT2D eigenvalue weighted by atomic mass is 16.3. The normalized spacial score (nSPS) is 13.8. The number of rotatable bonds is 17. The third kappa shape index (κ3) is 10.9. The van der Waals surface area contributed by atoms with Crippen LogP contribution in [0.1, 0.15) is 109 Å². The molecule has 27 heavy (non-hydrogen) atoms. The van der Waals surface area contributed by atoms with Crippen molar-refractivity contribution in [2.45, 2.75) is 110 Å². The van der Waals surface area contributed by atoms with Gasteiger partial charge < -0.3 is 5.11 Å². The SMILES string of the molecule is CCCCCCCCN(CCCCCCCC)[C@@H](C)[C@H](O)c1ccccc1. The van der Waals surface area contributed by atoms with E-state index in [1.165, 1.54) is 77.0 Å². The van der Waals surface area contributed by atoms with Crippen LogP contribution in [0.25, 0.3) is 0 Å². The molecule has 156 valence electrons. The second kappa shape index (κ2) is 16.1. The van der Waals surface area contributed by atoms with Gasteiger partial charge in [-0.25, -0.2) is 0 Å². The van der Waals surface area contributed by atoms with Crippen LogP contribution >= 0.6 is 0 Å². The summed E-state index contributed by atoms with van der Waals surface area (Å²) in [4.78, 5) is 2.54. The number of benzene rings is 1. The number of hydrogen-bond donors (Lipinski definition) is 1. The van der Waals surface area contributed by atoms with Gasteiger partial charge in [-0.1, -0.05) is 108 Å². The van der Waals surface area contributed by atoms with E-state index in [4.69, 9.17) is 0 Å². The zero-order chi connectivity index (χ0) is 19.7. The second-order valence-corrected chi connectivity index (χ2v) is 8.17.